The molecule has 3 unspecified atom stereocenters. The molecule has 0 aliphatic carbocycles. The van der Waals surface area contributed by atoms with E-state index >= 15 is 0 Å². The number of hydrogen-bond donors (Lipinski definition) is 2. The molecule has 0 aromatic heterocycles. The highest BCUT2D eigenvalue weighted by atomic mass is 16.5. The number of amides is 2. The molecule has 2 N–H and O–H groups in total. The van der Waals surface area contributed by atoms with E-state index in [-0.39, 0.29) is 24.7 Å². The molecule has 2 rings (SSSR count). The Hall–Kier alpha value is -1.30. The van der Waals surface area contributed by atoms with Crippen molar-refractivity contribution in [2.75, 3.05) is 19.7 Å². The van der Waals surface area contributed by atoms with Crippen LogP contribution >= 0.6 is 0 Å². The summed E-state index contributed by atoms with van der Waals surface area (Å²) in [5, 5.41) is 12.1. The molecule has 2 aliphatic rings. The molecule has 0 saturated carbocycles. The van der Waals surface area contributed by atoms with Gasteiger partial charge in [-0.05, 0) is 33.1 Å². The van der Waals surface area contributed by atoms with Crippen LogP contribution < -0.4 is 5.32 Å². The Kier molecular flexibility index (Phi) is 3.99. The fraction of sp³-hybridized carbons (Fsp3) is 0.846. The van der Waals surface area contributed by atoms with Crippen molar-refractivity contribution in [2.45, 2.75) is 45.3 Å². The van der Waals surface area contributed by atoms with E-state index in [0.29, 0.717) is 13.0 Å². The summed E-state index contributed by atoms with van der Waals surface area (Å²) >= 11 is 0. The van der Waals surface area contributed by atoms with Gasteiger partial charge in [0, 0.05) is 19.7 Å². The van der Waals surface area contributed by atoms with E-state index in [4.69, 9.17) is 9.84 Å². The first-order chi connectivity index (χ1) is 8.92. The van der Waals surface area contributed by atoms with Gasteiger partial charge < -0.3 is 20.1 Å². The Balaban J connectivity index is 1.86. The zero-order chi connectivity index (χ0) is 14.0. The summed E-state index contributed by atoms with van der Waals surface area (Å²) in [5.41, 5.74) is -0.815. The first-order valence-corrected chi connectivity index (χ1v) is 6.83. The summed E-state index contributed by atoms with van der Waals surface area (Å²) in [6, 6.07) is -0.223. The molecule has 6 nitrogen and oxygen atoms in total. The molecule has 0 aromatic carbocycles. The number of aliphatic carboxylic acids is 1. The SMILES string of the molecule is CC(NC(=O)N1CCC(C)(C(=O)O)C1)C1CCCO1. The average molecular weight is 270 g/mol. The highest BCUT2D eigenvalue weighted by Crippen LogP contribution is 2.30. The van der Waals surface area contributed by atoms with Gasteiger partial charge in [-0.15, -0.1) is 0 Å². The van der Waals surface area contributed by atoms with Crippen LogP contribution in [0.5, 0.6) is 0 Å². The fourth-order valence-electron chi connectivity index (χ4n) is 2.68. The van der Waals surface area contributed by atoms with Crippen molar-refractivity contribution in [1.29, 1.82) is 0 Å². The summed E-state index contributed by atoms with van der Waals surface area (Å²) in [7, 11) is 0. The van der Waals surface area contributed by atoms with Crippen LogP contribution in [0.3, 0.4) is 0 Å². The highest BCUT2D eigenvalue weighted by Gasteiger charge is 2.42. The first kappa shape index (κ1) is 14.1. The maximum Gasteiger partial charge on any atom is 0.317 e. The van der Waals surface area contributed by atoms with Gasteiger partial charge in [0.15, 0.2) is 0 Å². The quantitative estimate of drug-likeness (QED) is 0.803. The number of ether oxygens (including phenoxy) is 1. The standard InChI is InChI=1S/C13H22N2O4/c1-9(10-4-3-7-19-10)14-12(18)15-6-5-13(2,8-15)11(16)17/h9-10H,3-8H2,1-2H3,(H,14,18)(H,16,17). The molecule has 2 aliphatic heterocycles. The van der Waals surface area contributed by atoms with E-state index in [0.717, 1.165) is 19.4 Å². The number of likely N-dealkylation sites (tertiary alicyclic amines) is 1. The van der Waals surface area contributed by atoms with Crippen LogP contribution in [0, 0.1) is 5.41 Å². The minimum atomic E-state index is -0.838. The number of hydrogen-bond acceptors (Lipinski definition) is 3. The van der Waals surface area contributed by atoms with Gasteiger partial charge in [-0.1, -0.05) is 0 Å². The van der Waals surface area contributed by atoms with Crippen LogP contribution in [-0.2, 0) is 9.53 Å². The molecule has 2 fully saturated rings. The van der Waals surface area contributed by atoms with Crippen molar-refractivity contribution >= 4 is 12.0 Å². The molecular formula is C13H22N2O4. The number of carbonyl (C=O) groups is 2. The predicted octanol–water partition coefficient (Wildman–Crippen LogP) is 1.06. The highest BCUT2D eigenvalue weighted by molar-refractivity contribution is 5.79. The minimum Gasteiger partial charge on any atom is -0.481 e. The van der Waals surface area contributed by atoms with Gasteiger partial charge in [0.2, 0.25) is 0 Å². The Morgan fingerprint density at radius 1 is 1.53 bits per heavy atom. The van der Waals surface area contributed by atoms with E-state index in [1.807, 2.05) is 6.92 Å². The molecule has 0 spiro atoms. The normalized spacial score (nSPS) is 32.3. The number of carbonyl (C=O) groups excluding carboxylic acids is 1. The smallest absolute Gasteiger partial charge is 0.317 e. The monoisotopic (exact) mass is 270 g/mol. The van der Waals surface area contributed by atoms with Crippen LogP contribution in [-0.4, -0.2) is 53.8 Å². The molecule has 0 bridgehead atoms. The Morgan fingerprint density at radius 3 is 2.79 bits per heavy atom. The van der Waals surface area contributed by atoms with Gasteiger partial charge in [0.05, 0.1) is 17.6 Å². The van der Waals surface area contributed by atoms with Crippen molar-refractivity contribution in [1.82, 2.24) is 10.2 Å². The fourth-order valence-corrected chi connectivity index (χ4v) is 2.68. The lowest BCUT2D eigenvalue weighted by Gasteiger charge is -2.25. The summed E-state index contributed by atoms with van der Waals surface area (Å²) in [5.74, 6) is -0.838. The minimum absolute atomic E-state index is 0.0355. The van der Waals surface area contributed by atoms with Crippen molar-refractivity contribution in [2.24, 2.45) is 5.41 Å². The van der Waals surface area contributed by atoms with Crippen LogP contribution in [0.25, 0.3) is 0 Å². The second kappa shape index (κ2) is 5.36. The summed E-state index contributed by atoms with van der Waals surface area (Å²) < 4.78 is 5.53. The van der Waals surface area contributed by atoms with Gasteiger partial charge in [-0.25, -0.2) is 4.79 Å². The maximum absolute atomic E-state index is 12.1. The molecular weight excluding hydrogens is 248 g/mol. The number of carboxylic acid groups (broad SMARTS) is 1. The van der Waals surface area contributed by atoms with E-state index in [1.54, 1.807) is 11.8 Å². The third-order valence-corrected chi connectivity index (χ3v) is 4.15. The topological polar surface area (TPSA) is 78.9 Å². The largest absolute Gasteiger partial charge is 0.481 e. The summed E-state index contributed by atoms with van der Waals surface area (Å²) in [6.07, 6.45) is 2.58. The van der Waals surface area contributed by atoms with Crippen molar-refractivity contribution in [3.05, 3.63) is 0 Å². The third-order valence-electron chi connectivity index (χ3n) is 4.15. The van der Waals surface area contributed by atoms with Crippen LogP contribution in [0.1, 0.15) is 33.1 Å². The molecule has 2 amide bonds. The molecule has 0 aromatic rings. The van der Waals surface area contributed by atoms with Gasteiger partial charge >= 0.3 is 12.0 Å². The van der Waals surface area contributed by atoms with E-state index in [9.17, 15) is 9.59 Å². The van der Waals surface area contributed by atoms with Crippen molar-refractivity contribution in [3.63, 3.8) is 0 Å². The lowest BCUT2D eigenvalue weighted by atomic mass is 9.90. The molecule has 6 heteroatoms. The maximum atomic E-state index is 12.1. The molecule has 0 radical (unpaired) electrons. The predicted molar refractivity (Wildman–Crippen MR) is 68.9 cm³/mol. The number of carboxylic acids is 1. The first-order valence-electron chi connectivity index (χ1n) is 6.83. The third kappa shape index (κ3) is 3.00. The van der Waals surface area contributed by atoms with Gasteiger partial charge in [0.1, 0.15) is 0 Å². The van der Waals surface area contributed by atoms with Gasteiger partial charge in [-0.2, -0.15) is 0 Å². The van der Waals surface area contributed by atoms with E-state index in [1.165, 1.54) is 0 Å². The Morgan fingerprint density at radius 2 is 2.26 bits per heavy atom. The van der Waals surface area contributed by atoms with Crippen molar-refractivity contribution < 1.29 is 19.4 Å². The van der Waals surface area contributed by atoms with Crippen LogP contribution in [0.15, 0.2) is 0 Å². The summed E-state index contributed by atoms with van der Waals surface area (Å²) in [6.45, 7) is 5.14. The number of rotatable bonds is 3. The lowest BCUT2D eigenvalue weighted by molar-refractivity contribution is -0.147. The number of nitrogens with one attached hydrogen (secondary N) is 1. The molecule has 2 saturated heterocycles. The van der Waals surface area contributed by atoms with Crippen LogP contribution in [0.4, 0.5) is 4.79 Å². The average Bonchev–Trinajstić information content (AvgIpc) is 2.98. The molecule has 19 heavy (non-hydrogen) atoms. The summed E-state index contributed by atoms with van der Waals surface area (Å²) in [4.78, 5) is 24.8. The zero-order valence-electron chi connectivity index (χ0n) is 11.5. The molecule has 108 valence electrons. The van der Waals surface area contributed by atoms with E-state index in [2.05, 4.69) is 5.32 Å². The van der Waals surface area contributed by atoms with Gasteiger partial charge in [-0.3, -0.25) is 4.79 Å². The zero-order valence-corrected chi connectivity index (χ0v) is 11.5. The molecule has 3 atom stereocenters. The lowest BCUT2D eigenvalue weighted by Crippen LogP contribution is -2.48. The van der Waals surface area contributed by atoms with Crippen LogP contribution in [0.2, 0.25) is 0 Å². The molecule has 2 heterocycles. The second-order valence-electron chi connectivity index (χ2n) is 5.83. The Labute approximate surface area is 113 Å². The Bertz CT molecular complexity index is 368. The van der Waals surface area contributed by atoms with E-state index < -0.39 is 11.4 Å². The van der Waals surface area contributed by atoms with Crippen molar-refractivity contribution in [3.8, 4) is 0 Å². The second-order valence-corrected chi connectivity index (χ2v) is 5.83. The number of nitrogens with zero attached hydrogens (tertiary/aromatic N) is 1. The number of urea groups is 1. The van der Waals surface area contributed by atoms with Gasteiger partial charge in [0.25, 0.3) is 0 Å².